The van der Waals surface area contributed by atoms with Crippen LogP contribution in [0.25, 0.3) is 0 Å². The topological polar surface area (TPSA) is 18.5 Å². The van der Waals surface area contributed by atoms with E-state index in [4.69, 9.17) is 8.85 Å². The van der Waals surface area contributed by atoms with Crippen molar-refractivity contribution in [2.24, 2.45) is 0 Å². The summed E-state index contributed by atoms with van der Waals surface area (Å²) in [5, 5.41) is 0. The molecule has 0 aliphatic rings. The van der Waals surface area contributed by atoms with Crippen molar-refractivity contribution in [1.29, 1.82) is 0 Å². The minimum atomic E-state index is -2.12. The second kappa shape index (κ2) is 7.07. The van der Waals surface area contributed by atoms with Crippen LogP contribution < -0.4 is 0 Å². The summed E-state index contributed by atoms with van der Waals surface area (Å²) >= 11 is 0. The highest BCUT2D eigenvalue weighted by Gasteiger charge is 2.27. The molecule has 0 aromatic heterocycles. The van der Waals surface area contributed by atoms with Crippen LogP contribution in [0.5, 0.6) is 0 Å². The normalized spacial score (nSPS) is 11.9. The van der Waals surface area contributed by atoms with Gasteiger partial charge >= 0.3 is 8.56 Å². The van der Waals surface area contributed by atoms with Gasteiger partial charge in [-0.3, -0.25) is 0 Å². The van der Waals surface area contributed by atoms with E-state index in [0.717, 1.165) is 12.5 Å². The third-order valence-electron chi connectivity index (χ3n) is 3.28. The lowest BCUT2D eigenvalue weighted by molar-refractivity contribution is 0.248. The lowest BCUT2D eigenvalue weighted by atomic mass is 10.1. The summed E-state index contributed by atoms with van der Waals surface area (Å²) < 4.78 is 50.1. The highest BCUT2D eigenvalue weighted by molar-refractivity contribution is 6.65. The molecule has 0 saturated carbocycles. The molecule has 0 saturated heterocycles. The van der Waals surface area contributed by atoms with E-state index in [2.05, 4.69) is 0 Å². The average Bonchev–Trinajstić information content (AvgIpc) is 2.36. The summed E-state index contributed by atoms with van der Waals surface area (Å²) in [5.74, 6) is -2.54. The minimum absolute atomic E-state index is 0.0559. The van der Waals surface area contributed by atoms with Crippen LogP contribution in [0.15, 0.2) is 12.1 Å². The van der Waals surface area contributed by atoms with Crippen molar-refractivity contribution in [1.82, 2.24) is 0 Å². The quantitative estimate of drug-likeness (QED) is 0.562. The molecule has 0 bridgehead atoms. The Morgan fingerprint density at radius 2 is 1.53 bits per heavy atom. The molecule has 0 spiro atoms. The maximum atomic E-state index is 13.4. The Morgan fingerprint density at radius 3 is 2.00 bits per heavy atom. The molecule has 0 radical (unpaired) electrons. The molecule has 0 unspecified atom stereocenters. The lowest BCUT2D eigenvalue weighted by Crippen LogP contribution is -2.35. The standard InChI is InChI=1S/C13H19F3O2Si/c1-17-19(3,18-2)7-5-4-6-11-12(15)8-10(14)9-13(11)16/h8-9H,4-7H2,1-3H3. The second-order valence-corrected chi connectivity index (χ2v) is 8.18. The summed E-state index contributed by atoms with van der Waals surface area (Å²) in [4.78, 5) is 0. The molecular formula is C13H19F3O2Si. The third-order valence-corrected chi connectivity index (χ3v) is 6.27. The van der Waals surface area contributed by atoms with Gasteiger partial charge in [0.15, 0.2) is 0 Å². The Hall–Kier alpha value is -0.853. The van der Waals surface area contributed by atoms with Crippen LogP contribution in [0, 0.1) is 17.5 Å². The fraction of sp³-hybridized carbons (Fsp3) is 0.538. The highest BCUT2D eigenvalue weighted by Crippen LogP contribution is 2.20. The van der Waals surface area contributed by atoms with Crippen molar-refractivity contribution >= 4 is 8.56 Å². The van der Waals surface area contributed by atoms with Crippen molar-refractivity contribution < 1.29 is 22.0 Å². The number of halogens is 3. The molecule has 0 heterocycles. The highest BCUT2D eigenvalue weighted by atomic mass is 28.4. The Kier molecular flexibility index (Phi) is 6.03. The van der Waals surface area contributed by atoms with E-state index in [1.54, 1.807) is 14.2 Å². The van der Waals surface area contributed by atoms with Gasteiger partial charge in [-0.05, 0) is 25.4 Å². The number of hydrogen-bond donors (Lipinski definition) is 0. The van der Waals surface area contributed by atoms with Crippen molar-refractivity contribution in [3.05, 3.63) is 35.1 Å². The molecule has 0 aliphatic heterocycles. The molecule has 1 aromatic carbocycles. The van der Waals surface area contributed by atoms with Gasteiger partial charge in [0.05, 0.1) is 0 Å². The summed E-state index contributed by atoms with van der Waals surface area (Å²) in [6.45, 7) is 1.94. The average molecular weight is 292 g/mol. The van der Waals surface area contributed by atoms with Crippen molar-refractivity contribution in [2.45, 2.75) is 31.9 Å². The molecular weight excluding hydrogens is 273 g/mol. The van der Waals surface area contributed by atoms with Gasteiger partial charge in [-0.2, -0.15) is 0 Å². The molecule has 19 heavy (non-hydrogen) atoms. The van der Waals surface area contributed by atoms with E-state index in [-0.39, 0.29) is 12.0 Å². The molecule has 6 heteroatoms. The lowest BCUT2D eigenvalue weighted by Gasteiger charge is -2.22. The molecule has 1 aromatic rings. The van der Waals surface area contributed by atoms with Crippen LogP contribution in [0.1, 0.15) is 18.4 Å². The van der Waals surface area contributed by atoms with Crippen molar-refractivity contribution in [3.63, 3.8) is 0 Å². The zero-order chi connectivity index (χ0) is 14.5. The number of benzene rings is 1. The minimum Gasteiger partial charge on any atom is -0.398 e. The van der Waals surface area contributed by atoms with Gasteiger partial charge < -0.3 is 8.85 Å². The monoisotopic (exact) mass is 292 g/mol. The molecule has 2 nitrogen and oxygen atoms in total. The fourth-order valence-corrected chi connectivity index (χ4v) is 3.31. The van der Waals surface area contributed by atoms with E-state index < -0.39 is 26.0 Å². The zero-order valence-electron chi connectivity index (χ0n) is 11.4. The summed E-state index contributed by atoms with van der Waals surface area (Å²) in [5.41, 5.74) is -0.0559. The first-order valence-electron chi connectivity index (χ1n) is 6.15. The van der Waals surface area contributed by atoms with Gasteiger partial charge in [-0.1, -0.05) is 6.42 Å². The fourth-order valence-electron chi connectivity index (χ4n) is 1.85. The van der Waals surface area contributed by atoms with E-state index in [9.17, 15) is 13.2 Å². The Bertz CT molecular complexity index is 399. The van der Waals surface area contributed by atoms with Crippen LogP contribution in [-0.4, -0.2) is 22.8 Å². The molecule has 0 atom stereocenters. The van der Waals surface area contributed by atoms with Crippen LogP contribution >= 0.6 is 0 Å². The van der Waals surface area contributed by atoms with Gasteiger partial charge in [0.2, 0.25) is 0 Å². The Balaban J connectivity index is 2.50. The zero-order valence-corrected chi connectivity index (χ0v) is 12.4. The second-order valence-electron chi connectivity index (χ2n) is 4.60. The predicted molar refractivity (Wildman–Crippen MR) is 69.7 cm³/mol. The largest absolute Gasteiger partial charge is 0.398 e. The molecule has 0 N–H and O–H groups in total. The van der Waals surface area contributed by atoms with Crippen molar-refractivity contribution in [3.8, 4) is 0 Å². The SMILES string of the molecule is CO[Si](C)(CCCCc1c(F)cc(F)cc1F)OC. The van der Waals surface area contributed by atoms with Crippen LogP contribution in [0.3, 0.4) is 0 Å². The summed E-state index contributed by atoms with van der Waals surface area (Å²) in [6.07, 6.45) is 1.60. The molecule has 0 fully saturated rings. The Morgan fingerprint density at radius 1 is 1.00 bits per heavy atom. The smallest absolute Gasteiger partial charge is 0.334 e. The van der Waals surface area contributed by atoms with Crippen LogP contribution in [0.4, 0.5) is 13.2 Å². The Labute approximate surface area is 112 Å². The van der Waals surface area contributed by atoms with E-state index in [0.29, 0.717) is 18.6 Å². The molecule has 1 rings (SSSR count). The van der Waals surface area contributed by atoms with E-state index >= 15 is 0 Å². The first kappa shape index (κ1) is 16.2. The van der Waals surface area contributed by atoms with E-state index in [1.165, 1.54) is 0 Å². The molecule has 0 amide bonds. The first-order valence-corrected chi connectivity index (χ1v) is 8.68. The predicted octanol–water partition coefficient (Wildman–Crippen LogP) is 3.79. The van der Waals surface area contributed by atoms with E-state index in [1.807, 2.05) is 6.55 Å². The van der Waals surface area contributed by atoms with Gasteiger partial charge in [0.1, 0.15) is 17.5 Å². The molecule has 0 aliphatic carbocycles. The van der Waals surface area contributed by atoms with Gasteiger partial charge in [0, 0.05) is 31.9 Å². The third kappa shape index (κ3) is 4.63. The van der Waals surface area contributed by atoms with Crippen molar-refractivity contribution in [2.75, 3.05) is 14.2 Å². The van der Waals surface area contributed by atoms with Crippen LogP contribution in [0.2, 0.25) is 12.6 Å². The first-order chi connectivity index (χ1) is 8.91. The van der Waals surface area contributed by atoms with Gasteiger partial charge in [0.25, 0.3) is 0 Å². The molecule has 108 valence electrons. The summed E-state index contributed by atoms with van der Waals surface area (Å²) in [6, 6.07) is 2.17. The van der Waals surface area contributed by atoms with Crippen LogP contribution in [-0.2, 0) is 15.3 Å². The van der Waals surface area contributed by atoms with Gasteiger partial charge in [-0.25, -0.2) is 13.2 Å². The summed E-state index contributed by atoms with van der Waals surface area (Å²) in [7, 11) is 1.09. The maximum absolute atomic E-state index is 13.4. The number of hydrogen-bond acceptors (Lipinski definition) is 2. The van der Waals surface area contributed by atoms with Gasteiger partial charge in [-0.15, -0.1) is 0 Å². The number of rotatable bonds is 7. The number of unbranched alkanes of at least 4 members (excludes halogenated alkanes) is 1. The maximum Gasteiger partial charge on any atom is 0.334 e.